The Morgan fingerprint density at radius 1 is 1.25 bits per heavy atom. The second-order valence-corrected chi connectivity index (χ2v) is 4.61. The summed E-state index contributed by atoms with van der Waals surface area (Å²) in [6.07, 6.45) is 0.384. The van der Waals surface area contributed by atoms with E-state index in [0.717, 1.165) is 31.7 Å². The number of alkyl halides is 2. The molecule has 0 bridgehead atoms. The van der Waals surface area contributed by atoms with Crippen LogP contribution in [0.25, 0.3) is 0 Å². The number of hydrogen-bond acceptors (Lipinski definition) is 4. The zero-order valence-electron chi connectivity index (χ0n) is 11.1. The van der Waals surface area contributed by atoms with E-state index in [9.17, 15) is 8.78 Å². The minimum atomic E-state index is -2.82. The van der Waals surface area contributed by atoms with Crippen molar-refractivity contribution < 1.29 is 13.5 Å². The lowest BCUT2D eigenvalue weighted by atomic mass is 10.0. The largest absolute Gasteiger partial charge is 0.435 e. The minimum Gasteiger partial charge on any atom is -0.435 e. The van der Waals surface area contributed by atoms with E-state index in [1.165, 1.54) is 12.1 Å². The molecule has 0 aliphatic carbocycles. The van der Waals surface area contributed by atoms with Gasteiger partial charge in [-0.2, -0.15) is 14.0 Å². The normalized spacial score (nSPS) is 17.7. The van der Waals surface area contributed by atoms with Gasteiger partial charge in [0.25, 0.3) is 0 Å². The molecule has 6 heteroatoms. The molecule has 0 amide bonds. The summed E-state index contributed by atoms with van der Waals surface area (Å²) in [5.41, 5.74) is 0.954. The topological polar surface area (TPSA) is 48.3 Å². The molecular weight excluding hydrogens is 264 g/mol. The van der Waals surface area contributed by atoms with Crippen LogP contribution in [0.2, 0.25) is 0 Å². The van der Waals surface area contributed by atoms with Crippen molar-refractivity contribution in [1.82, 2.24) is 10.2 Å². The summed E-state index contributed by atoms with van der Waals surface area (Å²) in [5, 5.41) is 12.3. The molecule has 4 nitrogen and oxygen atoms in total. The Morgan fingerprint density at radius 2 is 1.90 bits per heavy atom. The number of nitrogens with one attached hydrogen (secondary N) is 1. The van der Waals surface area contributed by atoms with Gasteiger partial charge < -0.3 is 10.1 Å². The maximum Gasteiger partial charge on any atom is 0.387 e. The van der Waals surface area contributed by atoms with Crippen LogP contribution in [-0.4, -0.2) is 37.7 Å². The van der Waals surface area contributed by atoms with E-state index in [1.807, 2.05) is 0 Å². The molecule has 1 N–H and O–H groups in total. The molecule has 0 spiro atoms. The van der Waals surface area contributed by atoms with Crippen molar-refractivity contribution in [3.05, 3.63) is 29.8 Å². The van der Waals surface area contributed by atoms with Gasteiger partial charge in [0.1, 0.15) is 5.75 Å². The monoisotopic (exact) mass is 281 g/mol. The lowest BCUT2D eigenvalue weighted by Gasteiger charge is -2.34. The van der Waals surface area contributed by atoms with Gasteiger partial charge in [0, 0.05) is 32.2 Å². The molecule has 1 aromatic carbocycles. The first-order chi connectivity index (χ1) is 9.70. The number of ether oxygens (including phenoxy) is 1. The van der Waals surface area contributed by atoms with Crippen molar-refractivity contribution in [2.24, 2.45) is 0 Å². The highest BCUT2D eigenvalue weighted by atomic mass is 19.3. The van der Waals surface area contributed by atoms with Crippen LogP contribution in [0.1, 0.15) is 18.0 Å². The van der Waals surface area contributed by atoms with Gasteiger partial charge in [-0.05, 0) is 17.7 Å². The summed E-state index contributed by atoms with van der Waals surface area (Å²) in [6, 6.07) is 8.75. The van der Waals surface area contributed by atoms with Gasteiger partial charge in [0.15, 0.2) is 0 Å². The Balaban J connectivity index is 2.10. The molecule has 1 aliphatic heterocycles. The fraction of sp³-hybridized carbons (Fsp3) is 0.500. The number of benzene rings is 1. The number of hydrogen-bond donors (Lipinski definition) is 1. The third-order valence-corrected chi connectivity index (χ3v) is 3.37. The average Bonchev–Trinajstić information content (AvgIpc) is 2.46. The predicted molar refractivity (Wildman–Crippen MR) is 70.5 cm³/mol. The Labute approximate surface area is 116 Å². The molecule has 0 aromatic heterocycles. The average molecular weight is 281 g/mol. The second-order valence-electron chi connectivity index (χ2n) is 4.61. The fourth-order valence-electron chi connectivity index (χ4n) is 2.41. The number of nitrogens with zero attached hydrogens (tertiary/aromatic N) is 2. The second kappa shape index (κ2) is 7.17. The van der Waals surface area contributed by atoms with E-state index in [1.54, 1.807) is 12.1 Å². The maximum absolute atomic E-state index is 12.1. The number of piperazine rings is 1. The van der Waals surface area contributed by atoms with E-state index in [4.69, 9.17) is 5.26 Å². The zero-order chi connectivity index (χ0) is 14.4. The molecule has 108 valence electrons. The minimum absolute atomic E-state index is 0.00250. The van der Waals surface area contributed by atoms with Crippen molar-refractivity contribution in [2.45, 2.75) is 19.1 Å². The summed E-state index contributed by atoms with van der Waals surface area (Å²) in [4.78, 5) is 2.24. The number of nitriles is 1. The quantitative estimate of drug-likeness (QED) is 0.898. The molecule has 1 heterocycles. The van der Waals surface area contributed by atoms with E-state index >= 15 is 0 Å². The molecule has 1 aromatic rings. The van der Waals surface area contributed by atoms with Gasteiger partial charge in [-0.15, -0.1) is 0 Å². The number of halogens is 2. The van der Waals surface area contributed by atoms with Gasteiger partial charge in [0.05, 0.1) is 12.5 Å². The first-order valence-corrected chi connectivity index (χ1v) is 6.57. The summed E-state index contributed by atoms with van der Waals surface area (Å²) < 4.78 is 28.6. The molecule has 20 heavy (non-hydrogen) atoms. The van der Waals surface area contributed by atoms with Crippen LogP contribution in [0.5, 0.6) is 5.75 Å². The van der Waals surface area contributed by atoms with E-state index in [-0.39, 0.29) is 11.8 Å². The zero-order valence-corrected chi connectivity index (χ0v) is 11.1. The van der Waals surface area contributed by atoms with Crippen molar-refractivity contribution in [1.29, 1.82) is 5.26 Å². The third kappa shape index (κ3) is 3.89. The van der Waals surface area contributed by atoms with Crippen molar-refractivity contribution in [2.75, 3.05) is 26.2 Å². The van der Waals surface area contributed by atoms with Crippen LogP contribution in [-0.2, 0) is 0 Å². The van der Waals surface area contributed by atoms with Crippen LogP contribution >= 0.6 is 0 Å². The Hall–Kier alpha value is -1.71. The molecule has 0 saturated carbocycles. The lowest BCUT2D eigenvalue weighted by Crippen LogP contribution is -2.45. The maximum atomic E-state index is 12.1. The number of rotatable bonds is 5. The Bertz CT molecular complexity index is 452. The fourth-order valence-corrected chi connectivity index (χ4v) is 2.41. The highest BCUT2D eigenvalue weighted by Gasteiger charge is 2.22. The van der Waals surface area contributed by atoms with Crippen LogP contribution in [0.4, 0.5) is 8.78 Å². The molecule has 1 fully saturated rings. The van der Waals surface area contributed by atoms with Gasteiger partial charge in [-0.3, -0.25) is 4.90 Å². The van der Waals surface area contributed by atoms with Gasteiger partial charge >= 0.3 is 6.61 Å². The first-order valence-electron chi connectivity index (χ1n) is 6.57. The standard InChI is InChI=1S/C14H17F2N3O/c15-14(16)20-12-3-1-11(2-4-12)13(5-6-17)19-9-7-18-8-10-19/h1-4,13-14,18H,5,7-10H2/t13-/m1/s1. The van der Waals surface area contributed by atoms with Crippen LogP contribution in [0.15, 0.2) is 24.3 Å². The smallest absolute Gasteiger partial charge is 0.387 e. The molecule has 0 unspecified atom stereocenters. The van der Waals surface area contributed by atoms with Crippen LogP contribution in [0, 0.1) is 11.3 Å². The molecule has 1 saturated heterocycles. The summed E-state index contributed by atoms with van der Waals surface area (Å²) in [6.45, 7) is 0.732. The molecule has 1 aliphatic rings. The Morgan fingerprint density at radius 3 is 2.45 bits per heavy atom. The molecule has 1 atom stereocenters. The van der Waals surface area contributed by atoms with E-state index in [0.29, 0.717) is 6.42 Å². The third-order valence-electron chi connectivity index (χ3n) is 3.37. The van der Waals surface area contributed by atoms with Gasteiger partial charge in [-0.1, -0.05) is 12.1 Å². The Kier molecular flexibility index (Phi) is 5.27. The predicted octanol–water partition coefficient (Wildman–Crippen LogP) is 2.15. The molecular formula is C14H17F2N3O. The molecule has 2 rings (SSSR count). The van der Waals surface area contributed by atoms with Crippen molar-refractivity contribution >= 4 is 0 Å². The van der Waals surface area contributed by atoms with Crippen LogP contribution in [0.3, 0.4) is 0 Å². The van der Waals surface area contributed by atoms with Gasteiger partial charge in [0.2, 0.25) is 0 Å². The van der Waals surface area contributed by atoms with Crippen molar-refractivity contribution in [3.63, 3.8) is 0 Å². The summed E-state index contributed by atoms with van der Waals surface area (Å²) in [7, 11) is 0. The summed E-state index contributed by atoms with van der Waals surface area (Å²) >= 11 is 0. The van der Waals surface area contributed by atoms with E-state index < -0.39 is 6.61 Å². The SMILES string of the molecule is N#CC[C@H](c1ccc(OC(F)F)cc1)N1CCNCC1. The highest BCUT2D eigenvalue weighted by Crippen LogP contribution is 2.26. The van der Waals surface area contributed by atoms with E-state index in [2.05, 4.69) is 21.0 Å². The first kappa shape index (κ1) is 14.7. The van der Waals surface area contributed by atoms with Crippen molar-refractivity contribution in [3.8, 4) is 11.8 Å². The molecule has 0 radical (unpaired) electrons. The van der Waals surface area contributed by atoms with Crippen LogP contribution < -0.4 is 10.1 Å². The highest BCUT2D eigenvalue weighted by molar-refractivity contribution is 5.29. The lowest BCUT2D eigenvalue weighted by molar-refractivity contribution is -0.0498. The summed E-state index contributed by atoms with van der Waals surface area (Å²) in [5.74, 6) is 0.139. The van der Waals surface area contributed by atoms with Gasteiger partial charge in [-0.25, -0.2) is 0 Å².